The van der Waals surface area contributed by atoms with Crippen LogP contribution in [-0.2, 0) is 9.47 Å². The van der Waals surface area contributed by atoms with Crippen molar-refractivity contribution in [2.24, 2.45) is 5.41 Å². The predicted octanol–water partition coefficient (Wildman–Crippen LogP) is 5.46. The van der Waals surface area contributed by atoms with Gasteiger partial charge in [-0.25, -0.2) is 0 Å². The van der Waals surface area contributed by atoms with Crippen LogP contribution in [0.15, 0.2) is 0 Å². The molecule has 0 aromatic heterocycles. The summed E-state index contributed by atoms with van der Waals surface area (Å²) >= 11 is 0. The number of ether oxygens (including phenoxy) is 2. The minimum atomic E-state index is -0.118. The molecule has 164 valence electrons. The molecular formula is C23H50N2O2. The van der Waals surface area contributed by atoms with Crippen molar-refractivity contribution in [3.63, 3.8) is 0 Å². The van der Waals surface area contributed by atoms with Crippen molar-refractivity contribution in [2.45, 2.75) is 112 Å². The summed E-state index contributed by atoms with van der Waals surface area (Å²) in [5, 5.41) is 3.59. The Balaban J connectivity index is 4.14. The molecule has 1 N–H and O–H groups in total. The molecule has 27 heavy (non-hydrogen) atoms. The molecule has 0 aromatic rings. The SMILES string of the molecule is CCCOC(C)(C)CCOC(C)(C)CCNCN(C)C(C)(C)CC(C)(C)C. The Morgan fingerprint density at radius 1 is 0.778 bits per heavy atom. The second-order valence-corrected chi connectivity index (χ2v) is 11.1. The Morgan fingerprint density at radius 2 is 1.30 bits per heavy atom. The fourth-order valence-electron chi connectivity index (χ4n) is 3.38. The molecule has 0 aromatic carbocycles. The molecule has 0 saturated heterocycles. The predicted molar refractivity (Wildman–Crippen MR) is 118 cm³/mol. The highest BCUT2D eigenvalue weighted by Gasteiger charge is 2.29. The molecule has 0 aliphatic carbocycles. The highest BCUT2D eigenvalue weighted by atomic mass is 16.5. The standard InChI is InChI=1S/C23H50N2O2/c1-12-16-26-23(9,10)14-17-27-22(7,8)13-15-24-19-25(11)21(5,6)18-20(2,3)4/h24H,12-19H2,1-11H3. The zero-order valence-corrected chi connectivity index (χ0v) is 20.4. The lowest BCUT2D eigenvalue weighted by atomic mass is 9.81. The summed E-state index contributed by atoms with van der Waals surface area (Å²) in [7, 11) is 2.21. The molecular weight excluding hydrogens is 336 g/mol. The van der Waals surface area contributed by atoms with Crippen molar-refractivity contribution in [1.82, 2.24) is 10.2 Å². The molecule has 0 rings (SSSR count). The van der Waals surface area contributed by atoms with E-state index < -0.39 is 0 Å². The Labute approximate surface area is 170 Å². The molecule has 0 fully saturated rings. The highest BCUT2D eigenvalue weighted by molar-refractivity contribution is 4.84. The lowest BCUT2D eigenvalue weighted by Gasteiger charge is -2.40. The Morgan fingerprint density at radius 3 is 1.81 bits per heavy atom. The van der Waals surface area contributed by atoms with E-state index in [0.29, 0.717) is 5.41 Å². The van der Waals surface area contributed by atoms with E-state index in [4.69, 9.17) is 9.47 Å². The fourth-order valence-corrected chi connectivity index (χ4v) is 3.38. The van der Waals surface area contributed by atoms with E-state index in [0.717, 1.165) is 45.7 Å². The molecule has 0 spiro atoms. The largest absolute Gasteiger partial charge is 0.375 e. The first-order valence-electron chi connectivity index (χ1n) is 10.8. The summed E-state index contributed by atoms with van der Waals surface area (Å²) in [6.45, 7) is 25.8. The molecule has 0 heterocycles. The van der Waals surface area contributed by atoms with Crippen molar-refractivity contribution in [2.75, 3.05) is 33.5 Å². The molecule has 0 saturated carbocycles. The molecule has 0 atom stereocenters. The number of rotatable bonds is 14. The van der Waals surface area contributed by atoms with Gasteiger partial charge in [0.2, 0.25) is 0 Å². The van der Waals surface area contributed by atoms with Crippen LogP contribution in [0.4, 0.5) is 0 Å². The van der Waals surface area contributed by atoms with Gasteiger partial charge in [0.1, 0.15) is 0 Å². The van der Waals surface area contributed by atoms with Gasteiger partial charge in [-0.1, -0.05) is 27.7 Å². The zero-order chi connectivity index (χ0) is 21.4. The van der Waals surface area contributed by atoms with Gasteiger partial charge >= 0.3 is 0 Å². The van der Waals surface area contributed by atoms with Crippen LogP contribution in [0.25, 0.3) is 0 Å². The molecule has 4 heteroatoms. The first-order chi connectivity index (χ1) is 12.1. The number of hydrogen-bond donors (Lipinski definition) is 1. The van der Waals surface area contributed by atoms with Gasteiger partial charge in [0.25, 0.3) is 0 Å². The maximum absolute atomic E-state index is 6.15. The summed E-state index contributed by atoms with van der Waals surface area (Å²) in [6, 6.07) is 0. The highest BCUT2D eigenvalue weighted by Crippen LogP contribution is 2.30. The van der Waals surface area contributed by atoms with Gasteiger partial charge in [0, 0.05) is 18.8 Å². The van der Waals surface area contributed by atoms with Crippen LogP contribution in [0.1, 0.15) is 94.9 Å². The third-order valence-corrected chi connectivity index (χ3v) is 5.14. The van der Waals surface area contributed by atoms with Gasteiger partial charge in [-0.2, -0.15) is 0 Å². The van der Waals surface area contributed by atoms with E-state index in [1.165, 1.54) is 6.42 Å². The van der Waals surface area contributed by atoms with Crippen molar-refractivity contribution < 1.29 is 9.47 Å². The molecule has 0 amide bonds. The molecule has 4 nitrogen and oxygen atoms in total. The van der Waals surface area contributed by atoms with Crippen molar-refractivity contribution in [3.8, 4) is 0 Å². The van der Waals surface area contributed by atoms with Gasteiger partial charge in [0.05, 0.1) is 17.8 Å². The summed E-state index contributed by atoms with van der Waals surface area (Å²) < 4.78 is 12.0. The normalized spacial score (nSPS) is 14.2. The fraction of sp³-hybridized carbons (Fsp3) is 1.00. The van der Waals surface area contributed by atoms with Crippen LogP contribution in [0.3, 0.4) is 0 Å². The first-order valence-corrected chi connectivity index (χ1v) is 10.8. The lowest BCUT2D eigenvalue weighted by molar-refractivity contribution is -0.0740. The van der Waals surface area contributed by atoms with Crippen LogP contribution in [0, 0.1) is 5.41 Å². The van der Waals surface area contributed by atoms with Gasteiger partial charge < -0.3 is 14.8 Å². The Hall–Kier alpha value is -0.160. The van der Waals surface area contributed by atoms with E-state index in [1.807, 2.05) is 0 Å². The van der Waals surface area contributed by atoms with Crippen molar-refractivity contribution in [1.29, 1.82) is 0 Å². The second kappa shape index (κ2) is 11.1. The Kier molecular flexibility index (Phi) is 11.1. The lowest BCUT2D eigenvalue weighted by Crippen LogP contribution is -2.48. The first kappa shape index (κ1) is 26.8. The van der Waals surface area contributed by atoms with Gasteiger partial charge in [0.15, 0.2) is 0 Å². The monoisotopic (exact) mass is 386 g/mol. The quantitative estimate of drug-likeness (QED) is 0.317. The zero-order valence-electron chi connectivity index (χ0n) is 20.4. The third kappa shape index (κ3) is 13.6. The van der Waals surface area contributed by atoms with Crippen LogP contribution < -0.4 is 5.32 Å². The smallest absolute Gasteiger partial charge is 0.0648 e. The molecule has 0 bridgehead atoms. The van der Waals surface area contributed by atoms with E-state index >= 15 is 0 Å². The summed E-state index contributed by atoms with van der Waals surface area (Å²) in [4.78, 5) is 2.42. The molecule has 0 radical (unpaired) electrons. The number of hydrogen-bond acceptors (Lipinski definition) is 4. The number of nitrogens with zero attached hydrogens (tertiary/aromatic N) is 1. The van der Waals surface area contributed by atoms with Crippen LogP contribution in [0.2, 0.25) is 0 Å². The topological polar surface area (TPSA) is 33.7 Å². The summed E-state index contributed by atoms with van der Waals surface area (Å²) in [6.07, 6.45) is 4.15. The van der Waals surface area contributed by atoms with Gasteiger partial charge in [-0.3, -0.25) is 4.90 Å². The molecule has 0 aliphatic heterocycles. The van der Waals surface area contributed by atoms with Crippen molar-refractivity contribution >= 4 is 0 Å². The Bertz CT molecular complexity index is 398. The molecule has 0 unspecified atom stereocenters. The average Bonchev–Trinajstić information content (AvgIpc) is 2.46. The molecule has 0 aliphatic rings. The summed E-state index contributed by atoms with van der Waals surface area (Å²) in [5.74, 6) is 0. The third-order valence-electron chi connectivity index (χ3n) is 5.14. The van der Waals surface area contributed by atoms with Crippen LogP contribution in [0.5, 0.6) is 0 Å². The minimum absolute atomic E-state index is 0.105. The number of nitrogens with one attached hydrogen (secondary N) is 1. The van der Waals surface area contributed by atoms with Gasteiger partial charge in [-0.15, -0.1) is 0 Å². The second-order valence-electron chi connectivity index (χ2n) is 11.1. The van der Waals surface area contributed by atoms with Crippen LogP contribution in [-0.4, -0.2) is 55.1 Å². The van der Waals surface area contributed by atoms with Crippen LogP contribution >= 0.6 is 0 Å². The average molecular weight is 387 g/mol. The maximum Gasteiger partial charge on any atom is 0.0648 e. The minimum Gasteiger partial charge on any atom is -0.375 e. The maximum atomic E-state index is 6.15. The summed E-state index contributed by atoms with van der Waals surface area (Å²) in [5.41, 5.74) is 0.294. The van der Waals surface area contributed by atoms with E-state index in [-0.39, 0.29) is 16.7 Å². The van der Waals surface area contributed by atoms with E-state index in [9.17, 15) is 0 Å². The van der Waals surface area contributed by atoms with Gasteiger partial charge in [-0.05, 0) is 86.2 Å². The van der Waals surface area contributed by atoms with Crippen molar-refractivity contribution in [3.05, 3.63) is 0 Å². The van der Waals surface area contributed by atoms with E-state index in [2.05, 4.69) is 86.5 Å². The van der Waals surface area contributed by atoms with E-state index in [1.54, 1.807) is 0 Å².